The van der Waals surface area contributed by atoms with Gasteiger partial charge in [-0.3, -0.25) is 0 Å². The second-order valence-electron chi connectivity index (χ2n) is 8.70. The van der Waals surface area contributed by atoms with Crippen molar-refractivity contribution in [2.75, 3.05) is 0 Å². The first-order valence-electron chi connectivity index (χ1n) is 12.4. The molecule has 2 aromatic carbocycles. The zero-order chi connectivity index (χ0) is 22.3. The Morgan fingerprint density at radius 3 is 1.26 bits per heavy atom. The summed E-state index contributed by atoms with van der Waals surface area (Å²) in [5.41, 5.74) is 2.26. The molecule has 0 amide bonds. The van der Waals surface area contributed by atoms with E-state index in [9.17, 15) is 10.2 Å². The van der Waals surface area contributed by atoms with Crippen LogP contribution in [0.25, 0.3) is 0 Å². The summed E-state index contributed by atoms with van der Waals surface area (Å²) in [4.78, 5) is 0. The summed E-state index contributed by atoms with van der Waals surface area (Å²) in [5.74, 6) is 0.577. The van der Waals surface area contributed by atoms with E-state index in [1.54, 1.807) is 24.3 Å². The zero-order valence-electron chi connectivity index (χ0n) is 19.6. The number of benzene rings is 2. The van der Waals surface area contributed by atoms with E-state index in [-0.39, 0.29) is 23.7 Å². The average Bonchev–Trinajstić information content (AvgIpc) is 2.78. The Labute approximate surface area is 189 Å². The van der Waals surface area contributed by atoms with Crippen molar-refractivity contribution in [3.8, 4) is 11.5 Å². The Kier molecular flexibility index (Phi) is 12.2. The van der Waals surface area contributed by atoms with Crippen LogP contribution in [0.5, 0.6) is 11.5 Å². The highest BCUT2D eigenvalue weighted by Gasteiger charge is 2.20. The molecule has 3 nitrogen and oxygen atoms in total. The summed E-state index contributed by atoms with van der Waals surface area (Å²) in [6.45, 7) is 4.48. The summed E-state index contributed by atoms with van der Waals surface area (Å²) >= 11 is 0. The Balaban J connectivity index is 2.10. The lowest BCUT2D eigenvalue weighted by Gasteiger charge is -2.26. The van der Waals surface area contributed by atoms with Gasteiger partial charge in [-0.15, -0.1) is 0 Å². The number of ether oxygens (including phenoxy) is 1. The van der Waals surface area contributed by atoms with E-state index in [1.807, 2.05) is 24.3 Å². The average molecular weight is 427 g/mol. The van der Waals surface area contributed by atoms with Gasteiger partial charge in [0, 0.05) is 0 Å². The minimum absolute atomic E-state index is 0.0108. The summed E-state index contributed by atoms with van der Waals surface area (Å²) in [6.07, 6.45) is 14.4. The van der Waals surface area contributed by atoms with E-state index in [0.717, 1.165) is 36.8 Å². The van der Waals surface area contributed by atoms with E-state index in [1.165, 1.54) is 51.4 Å². The van der Waals surface area contributed by atoms with Gasteiger partial charge in [-0.1, -0.05) is 102 Å². The molecule has 0 spiro atoms. The third-order valence-electron chi connectivity index (χ3n) is 6.00. The fourth-order valence-electron chi connectivity index (χ4n) is 4.07. The van der Waals surface area contributed by atoms with Crippen molar-refractivity contribution in [3.63, 3.8) is 0 Å². The van der Waals surface area contributed by atoms with Crippen molar-refractivity contribution in [1.29, 1.82) is 0 Å². The van der Waals surface area contributed by atoms with Crippen LogP contribution in [-0.4, -0.2) is 10.2 Å². The molecule has 0 radical (unpaired) electrons. The maximum atomic E-state index is 9.72. The zero-order valence-corrected chi connectivity index (χ0v) is 19.6. The summed E-state index contributed by atoms with van der Waals surface area (Å²) in [5, 5.41) is 19.4. The number of aromatic hydroxyl groups is 2. The van der Waals surface area contributed by atoms with Gasteiger partial charge in [0.05, 0.1) is 12.2 Å². The maximum Gasteiger partial charge on any atom is 0.115 e. The highest BCUT2D eigenvalue weighted by molar-refractivity contribution is 5.29. The molecule has 2 unspecified atom stereocenters. The van der Waals surface area contributed by atoms with Crippen molar-refractivity contribution < 1.29 is 14.9 Å². The van der Waals surface area contributed by atoms with Gasteiger partial charge < -0.3 is 14.9 Å². The number of phenols is 2. The van der Waals surface area contributed by atoms with E-state index in [2.05, 4.69) is 13.8 Å². The Morgan fingerprint density at radius 2 is 0.903 bits per heavy atom. The molecule has 2 atom stereocenters. The molecule has 0 fully saturated rings. The Bertz CT molecular complexity index is 632. The molecule has 2 rings (SSSR count). The molecule has 0 saturated heterocycles. The largest absolute Gasteiger partial charge is 0.508 e. The van der Waals surface area contributed by atoms with Gasteiger partial charge in [0.2, 0.25) is 0 Å². The molecule has 0 bridgehead atoms. The molecule has 0 saturated carbocycles. The van der Waals surface area contributed by atoms with E-state index in [0.29, 0.717) is 0 Å². The van der Waals surface area contributed by atoms with Crippen LogP contribution >= 0.6 is 0 Å². The van der Waals surface area contributed by atoms with Crippen LogP contribution in [0.4, 0.5) is 0 Å². The second-order valence-corrected chi connectivity index (χ2v) is 8.70. The predicted molar refractivity (Wildman–Crippen MR) is 130 cm³/mol. The normalized spacial score (nSPS) is 13.2. The van der Waals surface area contributed by atoms with E-state index < -0.39 is 0 Å². The van der Waals surface area contributed by atoms with Crippen LogP contribution < -0.4 is 0 Å². The van der Waals surface area contributed by atoms with Crippen LogP contribution in [0.2, 0.25) is 0 Å². The molecule has 0 aliphatic rings. The topological polar surface area (TPSA) is 49.7 Å². The Hall–Kier alpha value is -2.00. The fourth-order valence-corrected chi connectivity index (χ4v) is 4.07. The summed E-state index contributed by atoms with van der Waals surface area (Å²) in [6, 6.07) is 15.0. The van der Waals surface area contributed by atoms with Gasteiger partial charge in [0.15, 0.2) is 0 Å². The van der Waals surface area contributed by atoms with Crippen LogP contribution in [0.1, 0.15) is 114 Å². The van der Waals surface area contributed by atoms with Crippen LogP contribution in [0.15, 0.2) is 48.5 Å². The molecule has 0 aliphatic heterocycles. The molecule has 0 aliphatic carbocycles. The summed E-state index contributed by atoms with van der Waals surface area (Å²) < 4.78 is 6.75. The number of phenolic OH excluding ortho intramolecular Hbond substituents is 2. The predicted octanol–water partition coefficient (Wildman–Crippen LogP) is 8.62. The maximum absolute atomic E-state index is 9.72. The smallest absolute Gasteiger partial charge is 0.115 e. The fraction of sp³-hybridized carbons (Fsp3) is 0.571. The van der Waals surface area contributed by atoms with Gasteiger partial charge >= 0.3 is 0 Å². The number of hydrogen-bond donors (Lipinski definition) is 2. The van der Waals surface area contributed by atoms with Gasteiger partial charge in [0.1, 0.15) is 11.5 Å². The van der Waals surface area contributed by atoms with Crippen molar-refractivity contribution in [2.45, 2.75) is 103 Å². The van der Waals surface area contributed by atoms with Gasteiger partial charge in [0.25, 0.3) is 0 Å². The minimum Gasteiger partial charge on any atom is -0.508 e. The molecule has 172 valence electrons. The van der Waals surface area contributed by atoms with E-state index in [4.69, 9.17) is 4.74 Å². The van der Waals surface area contributed by atoms with Crippen molar-refractivity contribution >= 4 is 0 Å². The molecular weight excluding hydrogens is 384 g/mol. The lowest BCUT2D eigenvalue weighted by Crippen LogP contribution is -2.11. The van der Waals surface area contributed by atoms with Gasteiger partial charge in [-0.05, 0) is 48.2 Å². The van der Waals surface area contributed by atoms with Crippen molar-refractivity contribution in [1.82, 2.24) is 0 Å². The SMILES string of the molecule is CCCCCCCC(OC(CCCCCCC)c1ccc(O)cc1)c1ccc(O)cc1. The van der Waals surface area contributed by atoms with E-state index >= 15 is 0 Å². The molecular formula is C28H42O3. The second kappa shape index (κ2) is 14.9. The van der Waals surface area contributed by atoms with Crippen LogP contribution in [0.3, 0.4) is 0 Å². The van der Waals surface area contributed by atoms with Gasteiger partial charge in [-0.25, -0.2) is 0 Å². The molecule has 2 N–H and O–H groups in total. The first-order valence-corrected chi connectivity index (χ1v) is 12.4. The third-order valence-corrected chi connectivity index (χ3v) is 6.00. The molecule has 31 heavy (non-hydrogen) atoms. The lowest BCUT2D eigenvalue weighted by atomic mass is 9.99. The number of unbranched alkanes of at least 4 members (excludes halogenated alkanes) is 8. The summed E-state index contributed by atoms with van der Waals surface area (Å²) in [7, 11) is 0. The standard InChI is InChI=1S/C28H42O3/c1-3-5-7-9-11-13-27(23-15-19-25(29)20-16-23)31-28(14-12-10-8-6-4-2)24-17-21-26(30)22-18-24/h15-22,27-30H,3-14H2,1-2H3. The number of hydrogen-bond acceptors (Lipinski definition) is 3. The van der Waals surface area contributed by atoms with Crippen LogP contribution in [0, 0.1) is 0 Å². The van der Waals surface area contributed by atoms with Crippen LogP contribution in [-0.2, 0) is 4.74 Å². The molecule has 3 heteroatoms. The lowest BCUT2D eigenvalue weighted by molar-refractivity contribution is -0.0264. The first-order chi connectivity index (χ1) is 15.1. The van der Waals surface area contributed by atoms with Crippen molar-refractivity contribution in [2.24, 2.45) is 0 Å². The number of rotatable bonds is 16. The highest BCUT2D eigenvalue weighted by Crippen LogP contribution is 2.35. The van der Waals surface area contributed by atoms with Gasteiger partial charge in [-0.2, -0.15) is 0 Å². The molecule has 0 aromatic heterocycles. The first kappa shape index (κ1) is 25.3. The Morgan fingerprint density at radius 1 is 0.548 bits per heavy atom. The van der Waals surface area contributed by atoms with Crippen molar-refractivity contribution in [3.05, 3.63) is 59.7 Å². The molecule has 0 heterocycles. The monoisotopic (exact) mass is 426 g/mol. The minimum atomic E-state index is 0.0108. The molecule has 2 aromatic rings. The highest BCUT2D eigenvalue weighted by atomic mass is 16.5. The quantitative estimate of drug-likeness (QED) is 0.264. The third kappa shape index (κ3) is 9.78.